The van der Waals surface area contributed by atoms with E-state index in [-0.39, 0.29) is 18.0 Å². The van der Waals surface area contributed by atoms with Crippen LogP contribution in [0.5, 0.6) is 0 Å². The van der Waals surface area contributed by atoms with E-state index in [1.54, 1.807) is 30.2 Å². The summed E-state index contributed by atoms with van der Waals surface area (Å²) in [4.78, 5) is 34.1. The van der Waals surface area contributed by atoms with Crippen molar-refractivity contribution in [2.75, 3.05) is 20.3 Å². The van der Waals surface area contributed by atoms with Crippen molar-refractivity contribution >= 4 is 16.8 Å². The summed E-state index contributed by atoms with van der Waals surface area (Å²) < 4.78 is 5.14. The van der Waals surface area contributed by atoms with Crippen molar-refractivity contribution < 1.29 is 9.53 Å². The molecule has 0 radical (unpaired) electrons. The van der Waals surface area contributed by atoms with E-state index >= 15 is 0 Å². The first kappa shape index (κ1) is 18.8. The Labute approximate surface area is 157 Å². The van der Waals surface area contributed by atoms with Gasteiger partial charge in [-0.1, -0.05) is 36.4 Å². The summed E-state index contributed by atoms with van der Waals surface area (Å²) in [5.74, 6) is 0.435. The number of aromatic nitrogens is 2. The molecule has 1 heterocycles. The second-order valence-corrected chi connectivity index (χ2v) is 6.44. The van der Waals surface area contributed by atoms with E-state index in [9.17, 15) is 9.59 Å². The zero-order chi connectivity index (χ0) is 19.2. The fourth-order valence-electron chi connectivity index (χ4n) is 2.97. The van der Waals surface area contributed by atoms with Gasteiger partial charge in [0, 0.05) is 13.7 Å². The number of H-pyrrole nitrogens is 1. The molecule has 6 heteroatoms. The van der Waals surface area contributed by atoms with Gasteiger partial charge in [-0.2, -0.15) is 0 Å². The molecule has 1 amide bonds. The van der Waals surface area contributed by atoms with Crippen molar-refractivity contribution in [1.82, 2.24) is 14.9 Å². The lowest BCUT2D eigenvalue weighted by atomic mass is 10.1. The summed E-state index contributed by atoms with van der Waals surface area (Å²) in [7, 11) is 1.60. The minimum atomic E-state index is -0.200. The summed E-state index contributed by atoms with van der Waals surface area (Å²) >= 11 is 0. The Kier molecular flexibility index (Phi) is 5.98. The molecule has 0 atom stereocenters. The molecule has 0 fully saturated rings. The van der Waals surface area contributed by atoms with Gasteiger partial charge in [-0.25, -0.2) is 4.98 Å². The molecule has 0 aliphatic carbocycles. The van der Waals surface area contributed by atoms with E-state index in [1.165, 1.54) is 0 Å². The molecule has 0 aliphatic rings. The quantitative estimate of drug-likeness (QED) is 0.698. The maximum atomic E-state index is 12.9. The van der Waals surface area contributed by atoms with Crippen molar-refractivity contribution in [1.29, 1.82) is 0 Å². The number of carbonyl (C=O) groups excluding carboxylic acids is 1. The predicted octanol–water partition coefficient (Wildman–Crippen LogP) is 2.45. The first-order chi connectivity index (χ1) is 13.1. The van der Waals surface area contributed by atoms with Crippen LogP contribution in [0, 0.1) is 6.92 Å². The van der Waals surface area contributed by atoms with Crippen LogP contribution in [0.15, 0.2) is 53.3 Å². The van der Waals surface area contributed by atoms with Gasteiger partial charge in [0.25, 0.3) is 5.56 Å². The number of carbonyl (C=O) groups is 1. The molecule has 27 heavy (non-hydrogen) atoms. The number of hydrogen-bond donors (Lipinski definition) is 1. The summed E-state index contributed by atoms with van der Waals surface area (Å²) in [5.41, 5.74) is 2.49. The molecular formula is C21H23N3O3. The molecule has 2 aromatic carbocycles. The van der Waals surface area contributed by atoms with E-state index in [0.29, 0.717) is 36.3 Å². The van der Waals surface area contributed by atoms with Crippen LogP contribution >= 0.6 is 0 Å². The molecule has 0 unspecified atom stereocenters. The summed E-state index contributed by atoms with van der Waals surface area (Å²) in [6, 6.07) is 15.0. The van der Waals surface area contributed by atoms with E-state index < -0.39 is 0 Å². The standard InChI is InChI=1S/C21H23N3O3/c1-15-7-3-4-8-16(15)13-20(25)24(11-12-27-2)14-19-22-18-10-6-5-9-17(18)21(26)23-19/h3-10H,11-14H2,1-2H3,(H,22,23,26). The van der Waals surface area contributed by atoms with Crippen molar-refractivity contribution in [2.45, 2.75) is 19.9 Å². The zero-order valence-corrected chi connectivity index (χ0v) is 15.6. The number of aromatic amines is 1. The minimum Gasteiger partial charge on any atom is -0.383 e. The van der Waals surface area contributed by atoms with Crippen LogP contribution in [0.2, 0.25) is 0 Å². The van der Waals surface area contributed by atoms with E-state index in [4.69, 9.17) is 4.74 Å². The Hall–Kier alpha value is -2.99. The third-order valence-corrected chi connectivity index (χ3v) is 4.52. The highest BCUT2D eigenvalue weighted by molar-refractivity contribution is 5.79. The number of benzene rings is 2. The monoisotopic (exact) mass is 365 g/mol. The third kappa shape index (κ3) is 4.60. The van der Waals surface area contributed by atoms with Crippen LogP contribution in [0.3, 0.4) is 0 Å². The van der Waals surface area contributed by atoms with Crippen molar-refractivity contribution in [3.05, 3.63) is 75.8 Å². The molecule has 0 aliphatic heterocycles. The van der Waals surface area contributed by atoms with Crippen LogP contribution < -0.4 is 5.56 Å². The van der Waals surface area contributed by atoms with Gasteiger partial charge in [0.1, 0.15) is 5.82 Å². The summed E-state index contributed by atoms with van der Waals surface area (Å²) in [6.07, 6.45) is 0.300. The van der Waals surface area contributed by atoms with Crippen molar-refractivity contribution in [3.8, 4) is 0 Å². The Balaban J connectivity index is 1.83. The number of methoxy groups -OCH3 is 1. The second-order valence-electron chi connectivity index (χ2n) is 6.44. The topological polar surface area (TPSA) is 75.3 Å². The SMILES string of the molecule is COCCN(Cc1nc2ccccc2c(=O)[nH]1)C(=O)Cc1ccccc1C. The summed E-state index contributed by atoms with van der Waals surface area (Å²) in [5, 5.41) is 0.538. The molecule has 0 spiro atoms. The molecule has 0 saturated heterocycles. The molecule has 0 saturated carbocycles. The van der Waals surface area contributed by atoms with Crippen LogP contribution in [0.25, 0.3) is 10.9 Å². The normalized spacial score (nSPS) is 10.9. The number of rotatable bonds is 7. The largest absolute Gasteiger partial charge is 0.383 e. The number of amides is 1. The van der Waals surface area contributed by atoms with Gasteiger partial charge in [0.05, 0.1) is 30.5 Å². The van der Waals surface area contributed by atoms with Gasteiger partial charge in [0.15, 0.2) is 0 Å². The maximum Gasteiger partial charge on any atom is 0.258 e. The highest BCUT2D eigenvalue weighted by Gasteiger charge is 2.17. The van der Waals surface area contributed by atoms with Gasteiger partial charge < -0.3 is 14.6 Å². The number of nitrogens with zero attached hydrogens (tertiary/aromatic N) is 2. The van der Waals surface area contributed by atoms with E-state index in [2.05, 4.69) is 9.97 Å². The van der Waals surface area contributed by atoms with E-state index in [1.807, 2.05) is 37.3 Å². The Morgan fingerprint density at radius 1 is 1.15 bits per heavy atom. The first-order valence-electron chi connectivity index (χ1n) is 8.87. The average molecular weight is 365 g/mol. The lowest BCUT2D eigenvalue weighted by Crippen LogP contribution is -2.35. The van der Waals surface area contributed by atoms with Gasteiger partial charge in [-0.05, 0) is 30.2 Å². The molecule has 140 valence electrons. The van der Waals surface area contributed by atoms with Crippen LogP contribution in [-0.4, -0.2) is 41.0 Å². The molecule has 1 N–H and O–H groups in total. The maximum absolute atomic E-state index is 12.9. The number of fused-ring (bicyclic) bond motifs is 1. The van der Waals surface area contributed by atoms with Crippen LogP contribution in [-0.2, 0) is 22.5 Å². The molecule has 6 nitrogen and oxygen atoms in total. The fraction of sp³-hybridized carbons (Fsp3) is 0.286. The smallest absolute Gasteiger partial charge is 0.258 e. The Morgan fingerprint density at radius 2 is 1.89 bits per heavy atom. The molecule has 3 aromatic rings. The third-order valence-electron chi connectivity index (χ3n) is 4.52. The van der Waals surface area contributed by atoms with Gasteiger partial charge in [-0.3, -0.25) is 9.59 Å². The highest BCUT2D eigenvalue weighted by atomic mass is 16.5. The van der Waals surface area contributed by atoms with Gasteiger partial charge in [-0.15, -0.1) is 0 Å². The van der Waals surface area contributed by atoms with Crippen LogP contribution in [0.4, 0.5) is 0 Å². The average Bonchev–Trinajstić information content (AvgIpc) is 2.67. The van der Waals surface area contributed by atoms with Crippen LogP contribution in [0.1, 0.15) is 17.0 Å². The Morgan fingerprint density at radius 3 is 2.67 bits per heavy atom. The number of para-hydroxylation sites is 1. The van der Waals surface area contributed by atoms with E-state index in [0.717, 1.165) is 11.1 Å². The second kappa shape index (κ2) is 8.60. The Bertz CT molecular complexity index is 997. The lowest BCUT2D eigenvalue weighted by molar-refractivity contribution is -0.131. The fourth-order valence-corrected chi connectivity index (χ4v) is 2.97. The highest BCUT2D eigenvalue weighted by Crippen LogP contribution is 2.12. The van der Waals surface area contributed by atoms with Gasteiger partial charge in [0.2, 0.25) is 5.91 Å². The molecule has 0 bridgehead atoms. The zero-order valence-electron chi connectivity index (χ0n) is 15.6. The number of nitrogens with one attached hydrogen (secondary N) is 1. The number of hydrogen-bond acceptors (Lipinski definition) is 4. The minimum absolute atomic E-state index is 0.0304. The number of ether oxygens (including phenoxy) is 1. The van der Waals surface area contributed by atoms with Crippen molar-refractivity contribution in [3.63, 3.8) is 0 Å². The number of aryl methyl sites for hydroxylation is 1. The van der Waals surface area contributed by atoms with Crippen molar-refractivity contribution in [2.24, 2.45) is 0 Å². The molecular weight excluding hydrogens is 342 g/mol. The molecule has 3 rings (SSSR count). The van der Waals surface area contributed by atoms with Gasteiger partial charge >= 0.3 is 0 Å². The molecule has 1 aromatic heterocycles. The first-order valence-corrected chi connectivity index (χ1v) is 8.87. The predicted molar refractivity (Wildman–Crippen MR) is 105 cm³/mol. The summed E-state index contributed by atoms with van der Waals surface area (Å²) in [6.45, 7) is 3.06. The lowest BCUT2D eigenvalue weighted by Gasteiger charge is -2.22.